The number of aryl methyl sites for hydroxylation is 1. The van der Waals surface area contributed by atoms with Crippen LogP contribution in [0, 0.1) is 6.92 Å². The largest absolute Gasteiger partial charge is 0.491 e. The molecule has 0 spiro atoms. The highest BCUT2D eigenvalue weighted by Gasteiger charge is 2.14. The lowest BCUT2D eigenvalue weighted by Gasteiger charge is -2.16. The van der Waals surface area contributed by atoms with Crippen LogP contribution in [0.25, 0.3) is 0 Å². The van der Waals surface area contributed by atoms with Crippen molar-refractivity contribution in [2.75, 3.05) is 25.0 Å². The lowest BCUT2D eigenvalue weighted by atomic mass is 10.2. The molecule has 1 heterocycles. The van der Waals surface area contributed by atoms with Crippen molar-refractivity contribution >= 4 is 5.69 Å². The van der Waals surface area contributed by atoms with E-state index in [-0.39, 0.29) is 0 Å². The molecule has 1 fully saturated rings. The molecule has 2 N–H and O–H groups in total. The first-order chi connectivity index (χ1) is 8.79. The molecule has 3 nitrogen and oxygen atoms in total. The topological polar surface area (TPSA) is 33.3 Å². The quantitative estimate of drug-likeness (QED) is 0.812. The van der Waals surface area contributed by atoms with Gasteiger partial charge < -0.3 is 15.4 Å². The summed E-state index contributed by atoms with van der Waals surface area (Å²) in [7, 11) is 0. The van der Waals surface area contributed by atoms with Crippen molar-refractivity contribution in [3.63, 3.8) is 0 Å². The van der Waals surface area contributed by atoms with E-state index in [9.17, 15) is 0 Å². The summed E-state index contributed by atoms with van der Waals surface area (Å²) in [4.78, 5) is 0. The van der Waals surface area contributed by atoms with Crippen LogP contribution in [-0.2, 0) is 0 Å². The molecule has 1 aliphatic rings. The summed E-state index contributed by atoms with van der Waals surface area (Å²) in [6.45, 7) is 7.14. The summed E-state index contributed by atoms with van der Waals surface area (Å²) >= 11 is 0. The maximum Gasteiger partial charge on any atom is 0.142 e. The third-order valence-electron chi connectivity index (χ3n) is 3.30. The van der Waals surface area contributed by atoms with Crippen LogP contribution >= 0.6 is 0 Å². The van der Waals surface area contributed by atoms with Crippen LogP contribution in [0.5, 0.6) is 5.75 Å². The van der Waals surface area contributed by atoms with E-state index in [1.54, 1.807) is 0 Å². The Labute approximate surface area is 110 Å². The fourth-order valence-electron chi connectivity index (χ4n) is 2.27. The SMILES string of the molecule is CCCOc1cc(C)ccc1NCC1CCCN1. The van der Waals surface area contributed by atoms with Gasteiger partial charge in [0.2, 0.25) is 0 Å². The van der Waals surface area contributed by atoms with Crippen LogP contribution in [0.4, 0.5) is 5.69 Å². The van der Waals surface area contributed by atoms with Gasteiger partial charge in [-0.3, -0.25) is 0 Å². The van der Waals surface area contributed by atoms with Crippen molar-refractivity contribution in [3.8, 4) is 5.75 Å². The number of ether oxygens (including phenoxy) is 1. The summed E-state index contributed by atoms with van der Waals surface area (Å²) < 4.78 is 5.80. The summed E-state index contributed by atoms with van der Waals surface area (Å²) in [5.41, 5.74) is 2.35. The average molecular weight is 248 g/mol. The first kappa shape index (κ1) is 13.2. The number of anilines is 1. The molecule has 2 rings (SSSR count). The number of nitrogens with one attached hydrogen (secondary N) is 2. The Morgan fingerprint density at radius 1 is 1.44 bits per heavy atom. The van der Waals surface area contributed by atoms with Gasteiger partial charge in [-0.05, 0) is 50.4 Å². The third-order valence-corrected chi connectivity index (χ3v) is 3.30. The second-order valence-electron chi connectivity index (χ2n) is 5.02. The van der Waals surface area contributed by atoms with E-state index in [2.05, 4.69) is 42.7 Å². The molecule has 1 aliphatic heterocycles. The lowest BCUT2D eigenvalue weighted by molar-refractivity contribution is 0.318. The van der Waals surface area contributed by atoms with Gasteiger partial charge in [0.25, 0.3) is 0 Å². The van der Waals surface area contributed by atoms with Crippen LogP contribution in [0.3, 0.4) is 0 Å². The molecule has 1 atom stereocenters. The van der Waals surface area contributed by atoms with Gasteiger partial charge in [-0.2, -0.15) is 0 Å². The van der Waals surface area contributed by atoms with Crippen LogP contribution in [-0.4, -0.2) is 25.7 Å². The molecule has 1 saturated heterocycles. The van der Waals surface area contributed by atoms with Crippen molar-refractivity contribution in [1.82, 2.24) is 5.32 Å². The Bertz CT molecular complexity index is 373. The van der Waals surface area contributed by atoms with Crippen molar-refractivity contribution in [3.05, 3.63) is 23.8 Å². The van der Waals surface area contributed by atoms with Gasteiger partial charge in [-0.15, -0.1) is 0 Å². The molecule has 1 aromatic carbocycles. The number of hydrogen-bond acceptors (Lipinski definition) is 3. The Balaban J connectivity index is 1.96. The van der Waals surface area contributed by atoms with Crippen LogP contribution < -0.4 is 15.4 Å². The molecule has 1 aromatic rings. The standard InChI is InChI=1S/C15H24N2O/c1-3-9-18-15-10-12(2)6-7-14(15)17-11-13-5-4-8-16-13/h6-7,10,13,16-17H,3-5,8-9,11H2,1-2H3. The van der Waals surface area contributed by atoms with Crippen molar-refractivity contribution < 1.29 is 4.74 Å². The predicted octanol–water partition coefficient (Wildman–Crippen LogP) is 2.95. The number of hydrogen-bond donors (Lipinski definition) is 2. The van der Waals surface area contributed by atoms with E-state index in [4.69, 9.17) is 4.74 Å². The Morgan fingerprint density at radius 3 is 3.06 bits per heavy atom. The Kier molecular flexibility index (Phi) is 4.88. The molecule has 0 aliphatic carbocycles. The van der Waals surface area contributed by atoms with Gasteiger partial charge in [0.15, 0.2) is 0 Å². The van der Waals surface area contributed by atoms with E-state index in [0.717, 1.165) is 37.6 Å². The van der Waals surface area contributed by atoms with Gasteiger partial charge in [-0.1, -0.05) is 13.0 Å². The van der Waals surface area contributed by atoms with E-state index in [0.29, 0.717) is 6.04 Å². The highest BCUT2D eigenvalue weighted by Crippen LogP contribution is 2.26. The Morgan fingerprint density at radius 2 is 2.33 bits per heavy atom. The van der Waals surface area contributed by atoms with Crippen LogP contribution in [0.15, 0.2) is 18.2 Å². The fraction of sp³-hybridized carbons (Fsp3) is 0.600. The molecule has 100 valence electrons. The first-order valence-electron chi connectivity index (χ1n) is 7.00. The second-order valence-corrected chi connectivity index (χ2v) is 5.02. The van der Waals surface area contributed by atoms with Crippen molar-refractivity contribution in [2.45, 2.75) is 39.2 Å². The van der Waals surface area contributed by atoms with E-state index >= 15 is 0 Å². The van der Waals surface area contributed by atoms with Gasteiger partial charge in [0.1, 0.15) is 5.75 Å². The Hall–Kier alpha value is -1.22. The zero-order valence-corrected chi connectivity index (χ0v) is 11.5. The average Bonchev–Trinajstić information content (AvgIpc) is 2.88. The van der Waals surface area contributed by atoms with Gasteiger partial charge >= 0.3 is 0 Å². The summed E-state index contributed by atoms with van der Waals surface area (Å²) in [5, 5.41) is 7.00. The molecule has 0 saturated carbocycles. The second kappa shape index (κ2) is 6.64. The zero-order valence-electron chi connectivity index (χ0n) is 11.5. The lowest BCUT2D eigenvalue weighted by Crippen LogP contribution is -2.29. The fourth-order valence-corrected chi connectivity index (χ4v) is 2.27. The highest BCUT2D eigenvalue weighted by atomic mass is 16.5. The monoisotopic (exact) mass is 248 g/mol. The molecule has 18 heavy (non-hydrogen) atoms. The minimum absolute atomic E-state index is 0.602. The summed E-state index contributed by atoms with van der Waals surface area (Å²) in [6, 6.07) is 6.96. The first-order valence-corrected chi connectivity index (χ1v) is 7.00. The van der Waals surface area contributed by atoms with Crippen molar-refractivity contribution in [1.29, 1.82) is 0 Å². The summed E-state index contributed by atoms with van der Waals surface area (Å²) in [5.74, 6) is 0.981. The maximum absolute atomic E-state index is 5.80. The third kappa shape index (κ3) is 3.64. The van der Waals surface area contributed by atoms with E-state index in [1.165, 1.54) is 18.4 Å². The minimum atomic E-state index is 0.602. The molecular formula is C15H24N2O. The van der Waals surface area contributed by atoms with Gasteiger partial charge in [-0.25, -0.2) is 0 Å². The van der Waals surface area contributed by atoms with Crippen LogP contribution in [0.2, 0.25) is 0 Å². The zero-order chi connectivity index (χ0) is 12.8. The normalized spacial score (nSPS) is 18.9. The number of rotatable bonds is 6. The molecule has 1 unspecified atom stereocenters. The molecule has 0 aromatic heterocycles. The molecule has 0 radical (unpaired) electrons. The maximum atomic E-state index is 5.80. The smallest absolute Gasteiger partial charge is 0.142 e. The number of benzene rings is 1. The molecule has 0 amide bonds. The molecule has 3 heteroatoms. The molecule has 0 bridgehead atoms. The summed E-state index contributed by atoms with van der Waals surface area (Å²) in [6.07, 6.45) is 3.60. The van der Waals surface area contributed by atoms with E-state index < -0.39 is 0 Å². The van der Waals surface area contributed by atoms with Crippen molar-refractivity contribution in [2.24, 2.45) is 0 Å². The van der Waals surface area contributed by atoms with E-state index in [1.807, 2.05) is 0 Å². The molecular weight excluding hydrogens is 224 g/mol. The predicted molar refractivity (Wildman–Crippen MR) is 76.5 cm³/mol. The van der Waals surface area contributed by atoms with Gasteiger partial charge in [0.05, 0.1) is 12.3 Å². The van der Waals surface area contributed by atoms with Crippen LogP contribution in [0.1, 0.15) is 31.7 Å². The van der Waals surface area contributed by atoms with Gasteiger partial charge in [0, 0.05) is 12.6 Å². The minimum Gasteiger partial charge on any atom is -0.491 e. The highest BCUT2D eigenvalue weighted by molar-refractivity contribution is 5.57.